The summed E-state index contributed by atoms with van der Waals surface area (Å²) in [7, 11) is 0. The Hall–Kier alpha value is -0.670. The minimum absolute atomic E-state index is 0.0951. The summed E-state index contributed by atoms with van der Waals surface area (Å²) in [6.07, 6.45) is 2.61. The molecule has 3 atom stereocenters. The van der Waals surface area contributed by atoms with E-state index in [1.54, 1.807) is 6.07 Å². The molecule has 0 aliphatic carbocycles. The maximum Gasteiger partial charge on any atom is 0.159 e. The molecule has 1 aliphatic heterocycles. The van der Waals surface area contributed by atoms with Gasteiger partial charge in [-0.05, 0) is 37.0 Å². The molecule has 1 fully saturated rings. The Morgan fingerprint density at radius 3 is 2.83 bits per heavy atom. The number of alkyl halides is 1. The van der Waals surface area contributed by atoms with Crippen LogP contribution in [0.5, 0.6) is 0 Å². The second-order valence-corrected chi connectivity index (χ2v) is 5.30. The highest BCUT2D eigenvalue weighted by atomic mass is 35.5. The summed E-state index contributed by atoms with van der Waals surface area (Å²) in [5, 5.41) is -0.0951. The lowest BCUT2D eigenvalue weighted by molar-refractivity contribution is 0.0864. The first-order valence-corrected chi connectivity index (χ1v) is 6.75. The lowest BCUT2D eigenvalue weighted by atomic mass is 9.92. The summed E-state index contributed by atoms with van der Waals surface area (Å²) in [5.41, 5.74) is 0.732. The van der Waals surface area contributed by atoms with Gasteiger partial charge in [0.1, 0.15) is 0 Å². The van der Waals surface area contributed by atoms with Crippen LogP contribution >= 0.6 is 11.6 Å². The van der Waals surface area contributed by atoms with E-state index >= 15 is 0 Å². The second-order valence-electron chi connectivity index (χ2n) is 4.74. The van der Waals surface area contributed by atoms with Crippen LogP contribution in [0.15, 0.2) is 18.2 Å². The van der Waals surface area contributed by atoms with Crippen LogP contribution in [-0.2, 0) is 11.2 Å². The second kappa shape index (κ2) is 5.98. The van der Waals surface area contributed by atoms with Gasteiger partial charge in [0.25, 0.3) is 0 Å². The Kier molecular flexibility index (Phi) is 4.57. The van der Waals surface area contributed by atoms with Crippen molar-refractivity contribution in [2.45, 2.75) is 37.7 Å². The van der Waals surface area contributed by atoms with Crippen molar-refractivity contribution in [2.24, 2.45) is 5.92 Å². The normalized spacial score (nSPS) is 25.3. The van der Waals surface area contributed by atoms with Gasteiger partial charge < -0.3 is 4.74 Å². The Morgan fingerprint density at radius 2 is 2.17 bits per heavy atom. The fraction of sp³-hybridized carbons (Fsp3) is 0.571. The van der Waals surface area contributed by atoms with Gasteiger partial charge in [-0.3, -0.25) is 0 Å². The van der Waals surface area contributed by atoms with E-state index in [1.807, 2.05) is 0 Å². The maximum atomic E-state index is 13.1. The molecule has 4 heteroatoms. The molecule has 0 N–H and O–H groups in total. The van der Waals surface area contributed by atoms with Gasteiger partial charge in [0.05, 0.1) is 6.10 Å². The average molecular weight is 275 g/mol. The Labute approximate surface area is 111 Å². The number of benzene rings is 1. The lowest BCUT2D eigenvalue weighted by Gasteiger charge is -2.22. The number of ether oxygens (including phenoxy) is 1. The molecular weight excluding hydrogens is 258 g/mol. The van der Waals surface area contributed by atoms with Crippen molar-refractivity contribution in [2.75, 3.05) is 6.61 Å². The van der Waals surface area contributed by atoms with Crippen LogP contribution in [0.1, 0.15) is 25.3 Å². The number of halogens is 3. The van der Waals surface area contributed by atoms with E-state index in [9.17, 15) is 8.78 Å². The molecule has 1 aromatic carbocycles. The molecule has 0 saturated carbocycles. The van der Waals surface area contributed by atoms with Crippen molar-refractivity contribution in [3.05, 3.63) is 35.4 Å². The zero-order valence-electron chi connectivity index (χ0n) is 10.3. The van der Waals surface area contributed by atoms with Gasteiger partial charge in [-0.15, -0.1) is 11.6 Å². The first kappa shape index (κ1) is 13.8. The molecule has 3 unspecified atom stereocenters. The topological polar surface area (TPSA) is 9.23 Å². The fourth-order valence-electron chi connectivity index (χ4n) is 2.54. The van der Waals surface area contributed by atoms with Crippen LogP contribution in [0.4, 0.5) is 8.78 Å². The van der Waals surface area contributed by atoms with Gasteiger partial charge in [0, 0.05) is 17.9 Å². The molecule has 0 amide bonds. The van der Waals surface area contributed by atoms with Crippen molar-refractivity contribution < 1.29 is 13.5 Å². The molecule has 1 aromatic rings. The Balaban J connectivity index is 2.02. The SMILES string of the molecule is CCC1OCCC1C(Cl)Cc1ccc(F)c(F)c1. The standard InChI is InChI=1S/C14H17ClF2O/c1-2-14-10(5-6-18-14)11(15)7-9-3-4-12(16)13(17)8-9/h3-4,8,10-11,14H,2,5-7H2,1H3. The van der Waals surface area contributed by atoms with Crippen LogP contribution < -0.4 is 0 Å². The molecule has 0 spiro atoms. The highest BCUT2D eigenvalue weighted by Crippen LogP contribution is 2.31. The minimum Gasteiger partial charge on any atom is -0.378 e. The Bertz CT molecular complexity index is 411. The first-order chi connectivity index (χ1) is 8.61. The third-order valence-electron chi connectivity index (χ3n) is 3.54. The van der Waals surface area contributed by atoms with E-state index in [1.165, 1.54) is 6.07 Å². The lowest BCUT2D eigenvalue weighted by Crippen LogP contribution is -2.25. The predicted octanol–water partition coefficient (Wildman–Crippen LogP) is 3.93. The number of hydrogen-bond donors (Lipinski definition) is 0. The molecule has 1 aliphatic rings. The van der Waals surface area contributed by atoms with E-state index < -0.39 is 11.6 Å². The predicted molar refractivity (Wildman–Crippen MR) is 67.8 cm³/mol. The summed E-state index contributed by atoms with van der Waals surface area (Å²) in [5.74, 6) is -1.34. The van der Waals surface area contributed by atoms with Gasteiger partial charge >= 0.3 is 0 Å². The van der Waals surface area contributed by atoms with Crippen LogP contribution in [0.2, 0.25) is 0 Å². The minimum atomic E-state index is -0.819. The molecule has 0 aromatic heterocycles. The van der Waals surface area contributed by atoms with Crippen LogP contribution in [0.25, 0.3) is 0 Å². The van der Waals surface area contributed by atoms with Crippen molar-refractivity contribution >= 4 is 11.6 Å². The summed E-state index contributed by atoms with van der Waals surface area (Å²) < 4.78 is 31.5. The number of rotatable bonds is 4. The molecule has 1 nitrogen and oxygen atoms in total. The molecule has 0 radical (unpaired) electrons. The highest BCUT2D eigenvalue weighted by Gasteiger charge is 2.32. The van der Waals surface area contributed by atoms with E-state index in [4.69, 9.17) is 16.3 Å². The van der Waals surface area contributed by atoms with Crippen LogP contribution in [-0.4, -0.2) is 18.1 Å². The largest absolute Gasteiger partial charge is 0.378 e. The van der Waals surface area contributed by atoms with E-state index in [-0.39, 0.29) is 11.5 Å². The van der Waals surface area contributed by atoms with Gasteiger partial charge in [-0.2, -0.15) is 0 Å². The molecule has 100 valence electrons. The summed E-state index contributed by atoms with van der Waals surface area (Å²) in [4.78, 5) is 0. The molecule has 1 heterocycles. The molecule has 18 heavy (non-hydrogen) atoms. The van der Waals surface area contributed by atoms with Gasteiger partial charge in [0.15, 0.2) is 11.6 Å². The Morgan fingerprint density at radius 1 is 1.39 bits per heavy atom. The quantitative estimate of drug-likeness (QED) is 0.756. The smallest absolute Gasteiger partial charge is 0.159 e. The first-order valence-electron chi connectivity index (χ1n) is 6.31. The average Bonchev–Trinajstić information content (AvgIpc) is 2.82. The number of hydrogen-bond acceptors (Lipinski definition) is 1. The summed E-state index contributed by atoms with van der Waals surface area (Å²) in [6, 6.07) is 3.96. The molecule has 0 bridgehead atoms. The van der Waals surface area contributed by atoms with E-state index in [0.717, 1.165) is 31.1 Å². The van der Waals surface area contributed by atoms with Crippen molar-refractivity contribution in [1.82, 2.24) is 0 Å². The van der Waals surface area contributed by atoms with Crippen molar-refractivity contribution in [3.8, 4) is 0 Å². The summed E-state index contributed by atoms with van der Waals surface area (Å²) in [6.45, 7) is 2.81. The third kappa shape index (κ3) is 3.01. The maximum absolute atomic E-state index is 13.1. The fourth-order valence-corrected chi connectivity index (χ4v) is 3.01. The van der Waals surface area contributed by atoms with Crippen molar-refractivity contribution in [3.63, 3.8) is 0 Å². The van der Waals surface area contributed by atoms with Crippen molar-refractivity contribution in [1.29, 1.82) is 0 Å². The highest BCUT2D eigenvalue weighted by molar-refractivity contribution is 6.21. The van der Waals surface area contributed by atoms with E-state index in [0.29, 0.717) is 12.3 Å². The van der Waals surface area contributed by atoms with Gasteiger partial charge in [-0.25, -0.2) is 8.78 Å². The molecular formula is C14H17ClF2O. The zero-order chi connectivity index (χ0) is 13.1. The zero-order valence-corrected chi connectivity index (χ0v) is 11.1. The monoisotopic (exact) mass is 274 g/mol. The molecule has 2 rings (SSSR count). The van der Waals surface area contributed by atoms with Crippen LogP contribution in [0, 0.1) is 17.6 Å². The van der Waals surface area contributed by atoms with Gasteiger partial charge in [-0.1, -0.05) is 13.0 Å². The summed E-state index contributed by atoms with van der Waals surface area (Å²) >= 11 is 6.39. The van der Waals surface area contributed by atoms with Crippen LogP contribution in [0.3, 0.4) is 0 Å². The van der Waals surface area contributed by atoms with E-state index in [2.05, 4.69) is 6.92 Å². The third-order valence-corrected chi connectivity index (χ3v) is 4.02. The molecule has 1 saturated heterocycles. The van der Waals surface area contributed by atoms with Gasteiger partial charge in [0.2, 0.25) is 0 Å².